The highest BCUT2D eigenvalue weighted by atomic mass is 127. The van der Waals surface area contributed by atoms with Gasteiger partial charge in [0.15, 0.2) is 5.96 Å². The Kier molecular flexibility index (Phi) is 8.93. The Balaban J connectivity index is 0.00000264. The van der Waals surface area contributed by atoms with E-state index in [0.717, 1.165) is 24.5 Å². The van der Waals surface area contributed by atoms with E-state index in [2.05, 4.69) is 39.7 Å². The number of aliphatic imine (C=N–C) groups is 1. The topological polar surface area (TPSA) is 58.5 Å². The standard InChI is InChI=1S/C16H22N4OS.HI/c1-4-13-7-8-14(22-13)11-20-16(17-2)19-10-12-6-5-9-18-15(12)21-3;/h5-9H,4,10-11H2,1-3H3,(H2,17,19,20);1H. The lowest BCUT2D eigenvalue weighted by Gasteiger charge is -2.12. The molecule has 0 amide bonds. The Bertz CT molecular complexity index is 630. The zero-order valence-electron chi connectivity index (χ0n) is 13.6. The predicted octanol–water partition coefficient (Wildman–Crippen LogP) is 3.20. The molecular formula is C16H23IN4OS. The summed E-state index contributed by atoms with van der Waals surface area (Å²) in [5.41, 5.74) is 0.998. The first-order valence-electron chi connectivity index (χ1n) is 7.26. The second-order valence-electron chi connectivity index (χ2n) is 4.67. The van der Waals surface area contributed by atoms with Gasteiger partial charge < -0.3 is 15.4 Å². The number of aromatic nitrogens is 1. The van der Waals surface area contributed by atoms with Crippen molar-refractivity contribution in [3.05, 3.63) is 45.8 Å². The van der Waals surface area contributed by atoms with Crippen molar-refractivity contribution in [3.8, 4) is 5.88 Å². The third kappa shape index (κ3) is 5.98. The van der Waals surface area contributed by atoms with E-state index in [1.807, 2.05) is 23.5 Å². The molecule has 126 valence electrons. The molecule has 0 radical (unpaired) electrons. The van der Waals surface area contributed by atoms with Gasteiger partial charge in [-0.25, -0.2) is 4.98 Å². The van der Waals surface area contributed by atoms with E-state index in [0.29, 0.717) is 12.4 Å². The fourth-order valence-electron chi connectivity index (χ4n) is 2.02. The molecule has 0 spiro atoms. The van der Waals surface area contributed by atoms with Crippen LogP contribution in [0.5, 0.6) is 5.88 Å². The van der Waals surface area contributed by atoms with Crippen LogP contribution in [0.15, 0.2) is 35.5 Å². The van der Waals surface area contributed by atoms with Gasteiger partial charge in [0.25, 0.3) is 0 Å². The van der Waals surface area contributed by atoms with E-state index in [1.165, 1.54) is 9.75 Å². The van der Waals surface area contributed by atoms with E-state index in [-0.39, 0.29) is 24.0 Å². The van der Waals surface area contributed by atoms with Crippen LogP contribution in [0.25, 0.3) is 0 Å². The Labute approximate surface area is 158 Å². The van der Waals surface area contributed by atoms with Crippen LogP contribution in [0.2, 0.25) is 0 Å². The molecular weight excluding hydrogens is 423 g/mol. The number of thiophene rings is 1. The first-order valence-corrected chi connectivity index (χ1v) is 8.08. The van der Waals surface area contributed by atoms with Crippen LogP contribution in [0.4, 0.5) is 0 Å². The second-order valence-corrected chi connectivity index (χ2v) is 5.93. The number of pyridine rings is 1. The molecule has 0 fully saturated rings. The summed E-state index contributed by atoms with van der Waals surface area (Å²) in [5, 5.41) is 6.59. The molecule has 0 aliphatic heterocycles. The summed E-state index contributed by atoms with van der Waals surface area (Å²) in [7, 11) is 3.39. The summed E-state index contributed by atoms with van der Waals surface area (Å²) in [4.78, 5) is 11.1. The van der Waals surface area contributed by atoms with E-state index in [1.54, 1.807) is 20.4 Å². The van der Waals surface area contributed by atoms with Crippen molar-refractivity contribution in [2.45, 2.75) is 26.4 Å². The van der Waals surface area contributed by atoms with Gasteiger partial charge >= 0.3 is 0 Å². The molecule has 23 heavy (non-hydrogen) atoms. The van der Waals surface area contributed by atoms with E-state index in [4.69, 9.17) is 4.74 Å². The Morgan fingerprint density at radius 3 is 2.61 bits per heavy atom. The molecule has 0 aromatic carbocycles. The highest BCUT2D eigenvalue weighted by Crippen LogP contribution is 2.16. The summed E-state index contributed by atoms with van der Waals surface area (Å²) in [5.74, 6) is 1.40. The lowest BCUT2D eigenvalue weighted by atomic mass is 10.2. The minimum absolute atomic E-state index is 0. The summed E-state index contributed by atoms with van der Waals surface area (Å²) < 4.78 is 5.25. The van der Waals surface area contributed by atoms with Gasteiger partial charge in [-0.15, -0.1) is 35.3 Å². The van der Waals surface area contributed by atoms with Crippen molar-refractivity contribution in [3.63, 3.8) is 0 Å². The van der Waals surface area contributed by atoms with Crippen molar-refractivity contribution in [2.75, 3.05) is 14.2 Å². The number of hydrogen-bond acceptors (Lipinski definition) is 4. The van der Waals surface area contributed by atoms with Gasteiger partial charge in [-0.05, 0) is 24.6 Å². The monoisotopic (exact) mass is 446 g/mol. The minimum Gasteiger partial charge on any atom is -0.481 e. The number of methoxy groups -OCH3 is 1. The molecule has 2 rings (SSSR count). The maximum atomic E-state index is 5.25. The highest BCUT2D eigenvalue weighted by Gasteiger charge is 2.05. The number of ether oxygens (including phenoxy) is 1. The van der Waals surface area contributed by atoms with Crippen molar-refractivity contribution >= 4 is 41.3 Å². The van der Waals surface area contributed by atoms with Crippen molar-refractivity contribution in [1.29, 1.82) is 0 Å². The third-order valence-corrected chi connectivity index (χ3v) is 4.44. The van der Waals surface area contributed by atoms with Crippen molar-refractivity contribution < 1.29 is 4.74 Å². The number of guanidine groups is 1. The molecule has 0 saturated heterocycles. The van der Waals surface area contributed by atoms with E-state index >= 15 is 0 Å². The summed E-state index contributed by atoms with van der Waals surface area (Å²) in [6, 6.07) is 8.22. The Hall–Kier alpha value is -1.35. The van der Waals surface area contributed by atoms with E-state index in [9.17, 15) is 0 Å². The van der Waals surface area contributed by atoms with Crippen LogP contribution >= 0.6 is 35.3 Å². The SMILES string of the molecule is CCc1ccc(CNC(=NC)NCc2cccnc2OC)s1.I. The molecule has 5 nitrogen and oxygen atoms in total. The molecule has 7 heteroatoms. The average molecular weight is 446 g/mol. The van der Waals surface area contributed by atoms with Gasteiger partial charge in [-0.2, -0.15) is 0 Å². The largest absolute Gasteiger partial charge is 0.481 e. The van der Waals surface area contributed by atoms with Crippen LogP contribution in [0.1, 0.15) is 22.2 Å². The fourth-order valence-corrected chi connectivity index (χ4v) is 2.92. The fraction of sp³-hybridized carbons (Fsp3) is 0.375. The van der Waals surface area contributed by atoms with Gasteiger partial charge in [0, 0.05) is 35.1 Å². The van der Waals surface area contributed by atoms with Gasteiger partial charge in [-0.1, -0.05) is 13.0 Å². The van der Waals surface area contributed by atoms with Gasteiger partial charge in [0.1, 0.15) is 0 Å². The first kappa shape index (κ1) is 19.7. The Morgan fingerprint density at radius 1 is 1.22 bits per heavy atom. The molecule has 2 heterocycles. The van der Waals surface area contributed by atoms with E-state index < -0.39 is 0 Å². The lowest BCUT2D eigenvalue weighted by molar-refractivity contribution is 0.392. The highest BCUT2D eigenvalue weighted by molar-refractivity contribution is 14.0. The molecule has 0 aliphatic rings. The van der Waals surface area contributed by atoms with Crippen LogP contribution in [0, 0.1) is 0 Å². The Morgan fingerprint density at radius 2 is 1.96 bits per heavy atom. The third-order valence-electron chi connectivity index (χ3n) is 3.21. The first-order chi connectivity index (χ1) is 10.8. The second kappa shape index (κ2) is 10.4. The molecule has 2 N–H and O–H groups in total. The maximum Gasteiger partial charge on any atom is 0.218 e. The normalized spacial score (nSPS) is 10.8. The molecule has 0 bridgehead atoms. The van der Waals surface area contributed by atoms with Crippen molar-refractivity contribution in [2.24, 2.45) is 4.99 Å². The van der Waals surface area contributed by atoms with Gasteiger partial charge in [0.05, 0.1) is 13.7 Å². The van der Waals surface area contributed by atoms with Crippen LogP contribution in [0.3, 0.4) is 0 Å². The molecule has 0 aliphatic carbocycles. The zero-order valence-corrected chi connectivity index (χ0v) is 16.8. The number of hydrogen-bond donors (Lipinski definition) is 2. The molecule has 0 atom stereocenters. The number of aryl methyl sites for hydroxylation is 1. The molecule has 0 saturated carbocycles. The number of nitrogens with zero attached hydrogens (tertiary/aromatic N) is 2. The lowest BCUT2D eigenvalue weighted by Crippen LogP contribution is -2.36. The van der Waals surface area contributed by atoms with Crippen molar-refractivity contribution in [1.82, 2.24) is 15.6 Å². The summed E-state index contributed by atoms with van der Waals surface area (Å²) in [6.45, 7) is 3.56. The maximum absolute atomic E-state index is 5.25. The number of nitrogens with one attached hydrogen (secondary N) is 2. The van der Waals surface area contributed by atoms with Gasteiger partial charge in [-0.3, -0.25) is 4.99 Å². The minimum atomic E-state index is 0. The average Bonchev–Trinajstić information content (AvgIpc) is 3.03. The number of rotatable bonds is 6. The molecule has 0 unspecified atom stereocenters. The molecule has 2 aromatic heterocycles. The van der Waals surface area contributed by atoms with Gasteiger partial charge in [0.2, 0.25) is 5.88 Å². The smallest absolute Gasteiger partial charge is 0.218 e. The van der Waals surface area contributed by atoms with Crippen LogP contribution in [-0.2, 0) is 19.5 Å². The molecule has 2 aromatic rings. The van der Waals surface area contributed by atoms with Crippen LogP contribution < -0.4 is 15.4 Å². The summed E-state index contributed by atoms with van der Waals surface area (Å²) >= 11 is 1.83. The summed E-state index contributed by atoms with van der Waals surface area (Å²) in [6.07, 6.45) is 2.80. The zero-order chi connectivity index (χ0) is 15.8. The quantitative estimate of drug-likeness (QED) is 0.407. The van der Waals surface area contributed by atoms with Crippen LogP contribution in [-0.4, -0.2) is 25.1 Å². The number of halogens is 1. The predicted molar refractivity (Wildman–Crippen MR) is 107 cm³/mol.